The first-order chi connectivity index (χ1) is 10.9. The Hall–Kier alpha value is -2.37. The van der Waals surface area contributed by atoms with Crippen LogP contribution >= 0.6 is 0 Å². The zero-order chi connectivity index (χ0) is 16.4. The van der Waals surface area contributed by atoms with E-state index < -0.39 is 5.60 Å². The number of rotatable bonds is 2. The maximum Gasteiger partial charge on any atom is 0.410 e. The molecule has 0 aliphatic carbocycles. The molecule has 6 heteroatoms. The molecular formula is C17H21N3O3. The molecule has 0 bridgehead atoms. The molecule has 0 N–H and O–H groups in total. The van der Waals surface area contributed by atoms with E-state index in [1.807, 2.05) is 51.1 Å². The van der Waals surface area contributed by atoms with E-state index in [0.717, 1.165) is 18.4 Å². The molecule has 6 nitrogen and oxygen atoms in total. The van der Waals surface area contributed by atoms with Gasteiger partial charge in [-0.05, 0) is 45.7 Å². The van der Waals surface area contributed by atoms with Gasteiger partial charge in [0.15, 0.2) is 0 Å². The van der Waals surface area contributed by atoms with Gasteiger partial charge in [0, 0.05) is 12.1 Å². The van der Waals surface area contributed by atoms with Gasteiger partial charge < -0.3 is 9.15 Å². The third kappa shape index (κ3) is 3.52. The van der Waals surface area contributed by atoms with Crippen molar-refractivity contribution >= 4 is 6.09 Å². The Kier molecular flexibility index (Phi) is 4.07. The molecule has 1 atom stereocenters. The Morgan fingerprint density at radius 1 is 1.26 bits per heavy atom. The van der Waals surface area contributed by atoms with Crippen LogP contribution in [0.4, 0.5) is 4.79 Å². The van der Waals surface area contributed by atoms with Crippen LogP contribution in [0.25, 0.3) is 11.5 Å². The van der Waals surface area contributed by atoms with Gasteiger partial charge in [0.25, 0.3) is 0 Å². The summed E-state index contributed by atoms with van der Waals surface area (Å²) in [6.45, 7) is 6.21. The molecular weight excluding hydrogens is 294 g/mol. The molecule has 1 saturated heterocycles. The number of hydrogen-bond donors (Lipinski definition) is 0. The van der Waals surface area contributed by atoms with E-state index in [1.165, 1.54) is 0 Å². The highest BCUT2D eigenvalue weighted by Crippen LogP contribution is 2.33. The first-order valence-corrected chi connectivity index (χ1v) is 7.82. The molecule has 1 aromatic carbocycles. The Morgan fingerprint density at radius 3 is 2.70 bits per heavy atom. The SMILES string of the molecule is CC(C)(C)OC(=O)N1CCCC1c1nnc(-c2ccccc2)o1. The van der Waals surface area contributed by atoms with Crippen LogP contribution in [0.15, 0.2) is 34.7 Å². The summed E-state index contributed by atoms with van der Waals surface area (Å²) < 4.78 is 11.3. The van der Waals surface area contributed by atoms with Gasteiger partial charge in [0.05, 0.1) is 0 Å². The molecule has 0 radical (unpaired) electrons. The van der Waals surface area contributed by atoms with Crippen LogP contribution < -0.4 is 0 Å². The molecule has 1 aliphatic rings. The van der Waals surface area contributed by atoms with Crippen LogP contribution in [0, 0.1) is 0 Å². The summed E-state index contributed by atoms with van der Waals surface area (Å²) in [7, 11) is 0. The van der Waals surface area contributed by atoms with E-state index >= 15 is 0 Å². The van der Waals surface area contributed by atoms with Crippen molar-refractivity contribution in [1.82, 2.24) is 15.1 Å². The quantitative estimate of drug-likeness (QED) is 0.843. The van der Waals surface area contributed by atoms with Crippen molar-refractivity contribution in [3.8, 4) is 11.5 Å². The summed E-state index contributed by atoms with van der Waals surface area (Å²) in [5, 5.41) is 8.24. The van der Waals surface area contributed by atoms with E-state index in [2.05, 4.69) is 10.2 Å². The topological polar surface area (TPSA) is 68.5 Å². The number of amides is 1. The summed E-state index contributed by atoms with van der Waals surface area (Å²) in [4.78, 5) is 14.0. The summed E-state index contributed by atoms with van der Waals surface area (Å²) in [6.07, 6.45) is 1.36. The molecule has 2 aromatic rings. The van der Waals surface area contributed by atoms with Gasteiger partial charge in [0.1, 0.15) is 11.6 Å². The number of ether oxygens (including phenoxy) is 1. The van der Waals surface area contributed by atoms with Crippen molar-refractivity contribution < 1.29 is 13.9 Å². The van der Waals surface area contributed by atoms with Crippen LogP contribution in [-0.4, -0.2) is 33.3 Å². The van der Waals surface area contributed by atoms with E-state index in [-0.39, 0.29) is 12.1 Å². The van der Waals surface area contributed by atoms with Crippen LogP contribution in [-0.2, 0) is 4.74 Å². The Balaban J connectivity index is 1.78. The summed E-state index contributed by atoms with van der Waals surface area (Å²) in [5.74, 6) is 0.934. The van der Waals surface area contributed by atoms with Crippen molar-refractivity contribution in [3.05, 3.63) is 36.2 Å². The van der Waals surface area contributed by atoms with Crippen LogP contribution in [0.5, 0.6) is 0 Å². The Morgan fingerprint density at radius 2 is 2.00 bits per heavy atom. The van der Waals surface area contributed by atoms with Gasteiger partial charge in [-0.25, -0.2) is 4.79 Å². The molecule has 2 heterocycles. The first-order valence-electron chi connectivity index (χ1n) is 7.82. The maximum atomic E-state index is 12.3. The van der Waals surface area contributed by atoms with E-state index in [1.54, 1.807) is 4.90 Å². The maximum absolute atomic E-state index is 12.3. The Labute approximate surface area is 135 Å². The molecule has 1 aliphatic heterocycles. The van der Waals surface area contributed by atoms with Crippen LogP contribution in [0.2, 0.25) is 0 Å². The number of carbonyl (C=O) groups is 1. The highest BCUT2D eigenvalue weighted by Gasteiger charge is 2.36. The Bertz CT molecular complexity index is 676. The van der Waals surface area contributed by atoms with Crippen molar-refractivity contribution in [2.24, 2.45) is 0 Å². The molecule has 1 unspecified atom stereocenters. The standard InChI is InChI=1S/C17H21N3O3/c1-17(2,3)23-16(21)20-11-7-10-13(20)15-19-18-14(22-15)12-8-5-4-6-9-12/h4-6,8-9,13H,7,10-11H2,1-3H3. The van der Waals surface area contributed by atoms with Gasteiger partial charge in [-0.3, -0.25) is 4.90 Å². The van der Waals surface area contributed by atoms with Crippen molar-refractivity contribution in [3.63, 3.8) is 0 Å². The average molecular weight is 315 g/mol. The number of likely N-dealkylation sites (tertiary alicyclic amines) is 1. The summed E-state index contributed by atoms with van der Waals surface area (Å²) >= 11 is 0. The minimum atomic E-state index is -0.520. The fourth-order valence-corrected chi connectivity index (χ4v) is 2.63. The fraction of sp³-hybridized carbons (Fsp3) is 0.471. The number of benzene rings is 1. The number of nitrogens with zero attached hydrogens (tertiary/aromatic N) is 3. The van der Waals surface area contributed by atoms with Crippen molar-refractivity contribution in [1.29, 1.82) is 0 Å². The lowest BCUT2D eigenvalue weighted by molar-refractivity contribution is 0.0204. The van der Waals surface area contributed by atoms with Crippen LogP contribution in [0.1, 0.15) is 45.5 Å². The number of carbonyl (C=O) groups excluding carboxylic acids is 1. The molecule has 3 rings (SSSR count). The number of hydrogen-bond acceptors (Lipinski definition) is 5. The molecule has 0 spiro atoms. The van der Waals surface area contributed by atoms with Gasteiger partial charge in [0.2, 0.25) is 11.8 Å². The van der Waals surface area contributed by atoms with Gasteiger partial charge in [-0.1, -0.05) is 18.2 Å². The number of aromatic nitrogens is 2. The molecule has 1 aromatic heterocycles. The lowest BCUT2D eigenvalue weighted by Gasteiger charge is -2.27. The zero-order valence-corrected chi connectivity index (χ0v) is 13.7. The third-order valence-electron chi connectivity index (χ3n) is 3.63. The minimum absolute atomic E-state index is 0.213. The largest absolute Gasteiger partial charge is 0.444 e. The van der Waals surface area contributed by atoms with E-state index in [0.29, 0.717) is 18.3 Å². The summed E-state index contributed by atoms with van der Waals surface area (Å²) in [6, 6.07) is 9.38. The zero-order valence-electron chi connectivity index (χ0n) is 13.7. The van der Waals surface area contributed by atoms with Crippen LogP contribution in [0.3, 0.4) is 0 Å². The molecule has 1 fully saturated rings. The monoisotopic (exact) mass is 315 g/mol. The second kappa shape index (κ2) is 6.02. The predicted molar refractivity (Wildman–Crippen MR) is 84.6 cm³/mol. The smallest absolute Gasteiger partial charge is 0.410 e. The lowest BCUT2D eigenvalue weighted by atomic mass is 10.2. The van der Waals surface area contributed by atoms with E-state index in [9.17, 15) is 4.79 Å². The molecule has 23 heavy (non-hydrogen) atoms. The third-order valence-corrected chi connectivity index (χ3v) is 3.63. The molecule has 0 saturated carbocycles. The first kappa shape index (κ1) is 15.5. The normalized spacial score (nSPS) is 18.2. The van der Waals surface area contributed by atoms with Crippen molar-refractivity contribution in [2.45, 2.75) is 45.3 Å². The second-order valence-corrected chi connectivity index (χ2v) is 6.64. The van der Waals surface area contributed by atoms with E-state index in [4.69, 9.17) is 9.15 Å². The second-order valence-electron chi connectivity index (χ2n) is 6.64. The minimum Gasteiger partial charge on any atom is -0.444 e. The highest BCUT2D eigenvalue weighted by atomic mass is 16.6. The predicted octanol–water partition coefficient (Wildman–Crippen LogP) is 3.81. The van der Waals surface area contributed by atoms with Gasteiger partial charge >= 0.3 is 6.09 Å². The van der Waals surface area contributed by atoms with Gasteiger partial charge in [-0.2, -0.15) is 0 Å². The van der Waals surface area contributed by atoms with Gasteiger partial charge in [-0.15, -0.1) is 10.2 Å². The fourth-order valence-electron chi connectivity index (χ4n) is 2.63. The lowest BCUT2D eigenvalue weighted by Crippen LogP contribution is -2.36. The molecule has 122 valence electrons. The highest BCUT2D eigenvalue weighted by molar-refractivity contribution is 5.69. The average Bonchev–Trinajstić information content (AvgIpc) is 3.15. The summed E-state index contributed by atoms with van der Waals surface area (Å²) in [5.41, 5.74) is 0.349. The molecule has 1 amide bonds. The van der Waals surface area contributed by atoms with Crippen molar-refractivity contribution in [2.75, 3.05) is 6.54 Å².